The average Bonchev–Trinajstić information content (AvgIpc) is 3.21. The van der Waals surface area contributed by atoms with Crippen LogP contribution in [0.5, 0.6) is 0 Å². The summed E-state index contributed by atoms with van der Waals surface area (Å²) in [5, 5.41) is 5.35. The highest BCUT2D eigenvalue weighted by Crippen LogP contribution is 2.44. The van der Waals surface area contributed by atoms with Crippen LogP contribution in [-0.4, -0.2) is 36.1 Å². The minimum absolute atomic E-state index is 0.759. The van der Waals surface area contributed by atoms with Gasteiger partial charge in [-0.3, -0.25) is 0 Å². The van der Waals surface area contributed by atoms with Gasteiger partial charge in [0.2, 0.25) is 0 Å². The van der Waals surface area contributed by atoms with Gasteiger partial charge in [-0.15, -0.1) is 11.3 Å². The van der Waals surface area contributed by atoms with Crippen LogP contribution >= 0.6 is 23.1 Å². The molecule has 19 heavy (non-hydrogen) atoms. The quantitative estimate of drug-likeness (QED) is 0.904. The second-order valence-electron chi connectivity index (χ2n) is 5.46. The van der Waals surface area contributed by atoms with E-state index in [1.807, 2.05) is 18.4 Å². The molecule has 3 nitrogen and oxygen atoms in total. The summed E-state index contributed by atoms with van der Waals surface area (Å²) in [6, 6.07) is 0. The summed E-state index contributed by atoms with van der Waals surface area (Å²) in [7, 11) is 2.03. The summed E-state index contributed by atoms with van der Waals surface area (Å²) in [5.41, 5.74) is 1.39. The van der Waals surface area contributed by atoms with Gasteiger partial charge >= 0.3 is 0 Å². The molecule has 1 saturated heterocycles. The van der Waals surface area contributed by atoms with Gasteiger partial charge in [0.25, 0.3) is 0 Å². The Morgan fingerprint density at radius 2 is 2.26 bits per heavy atom. The molecule has 2 aliphatic rings. The normalized spacial score (nSPS) is 23.9. The fourth-order valence-electron chi connectivity index (χ4n) is 2.59. The number of thiazole rings is 1. The molecule has 1 aliphatic carbocycles. The molecule has 1 aromatic heterocycles. The number of nitrogens with zero attached hydrogens (tertiary/aromatic N) is 2. The van der Waals surface area contributed by atoms with Gasteiger partial charge in [-0.2, -0.15) is 11.8 Å². The maximum Gasteiger partial charge on any atom is 0.185 e. The molecule has 1 aliphatic heterocycles. The van der Waals surface area contributed by atoms with Gasteiger partial charge in [-0.05, 0) is 26.3 Å². The van der Waals surface area contributed by atoms with E-state index in [4.69, 9.17) is 4.98 Å². The third kappa shape index (κ3) is 3.09. The molecule has 0 amide bonds. The fraction of sp³-hybridized carbons (Fsp3) is 0.786. The van der Waals surface area contributed by atoms with Crippen molar-refractivity contribution in [2.24, 2.45) is 0 Å². The zero-order valence-electron chi connectivity index (χ0n) is 11.8. The molecule has 1 atom stereocenters. The maximum absolute atomic E-state index is 4.98. The zero-order valence-corrected chi connectivity index (χ0v) is 13.4. The molecule has 1 unspecified atom stereocenters. The van der Waals surface area contributed by atoms with Crippen molar-refractivity contribution < 1.29 is 0 Å². The Hall–Kier alpha value is -0.260. The second kappa shape index (κ2) is 6.02. The molecule has 0 radical (unpaired) electrons. The van der Waals surface area contributed by atoms with Crippen LogP contribution in [0.15, 0.2) is 0 Å². The zero-order chi connectivity index (χ0) is 13.2. The Bertz CT molecular complexity index is 428. The van der Waals surface area contributed by atoms with Gasteiger partial charge in [0.1, 0.15) is 0 Å². The highest BCUT2D eigenvalue weighted by Gasteiger charge is 2.31. The van der Waals surface area contributed by atoms with Gasteiger partial charge in [-0.1, -0.05) is 6.92 Å². The largest absolute Gasteiger partial charge is 0.346 e. The van der Waals surface area contributed by atoms with Gasteiger partial charge in [0.05, 0.1) is 5.69 Å². The molecule has 0 aromatic carbocycles. The van der Waals surface area contributed by atoms with Crippen LogP contribution < -0.4 is 10.2 Å². The third-order valence-electron chi connectivity index (χ3n) is 3.88. The molecule has 0 bridgehead atoms. The van der Waals surface area contributed by atoms with Gasteiger partial charge < -0.3 is 10.2 Å². The highest BCUT2D eigenvalue weighted by atomic mass is 32.2. The van der Waals surface area contributed by atoms with E-state index in [2.05, 4.69) is 28.9 Å². The molecule has 5 heteroatoms. The predicted molar refractivity (Wildman–Crippen MR) is 85.6 cm³/mol. The molecule has 0 spiro atoms. The second-order valence-corrected chi connectivity index (χ2v) is 7.93. The van der Waals surface area contributed by atoms with Crippen LogP contribution in [0.25, 0.3) is 0 Å². The molecular formula is C14H23N3S2. The van der Waals surface area contributed by atoms with E-state index >= 15 is 0 Å². The third-order valence-corrected chi connectivity index (χ3v) is 6.39. The number of hydrogen-bond donors (Lipinski definition) is 1. The number of anilines is 1. The highest BCUT2D eigenvalue weighted by molar-refractivity contribution is 8.00. The molecule has 106 valence electrons. The number of rotatable bonds is 5. The van der Waals surface area contributed by atoms with E-state index in [1.54, 1.807) is 0 Å². The molecule has 3 rings (SSSR count). The van der Waals surface area contributed by atoms with Crippen molar-refractivity contribution >= 4 is 28.2 Å². The molecular weight excluding hydrogens is 274 g/mol. The monoisotopic (exact) mass is 297 g/mol. The molecule has 1 aromatic rings. The summed E-state index contributed by atoms with van der Waals surface area (Å²) in [5.74, 6) is 2.01. The standard InChI is InChI=1S/C14H23N3S2/c1-3-11-9-17(6-7-18-11)14-16-13(10-4-5-10)12(19-14)8-15-2/h10-11,15H,3-9H2,1-2H3. The summed E-state index contributed by atoms with van der Waals surface area (Å²) >= 11 is 4.04. The Balaban J connectivity index is 1.77. The first kappa shape index (κ1) is 13.7. The van der Waals surface area contributed by atoms with E-state index in [1.165, 1.54) is 47.3 Å². The molecule has 2 heterocycles. The van der Waals surface area contributed by atoms with Crippen LogP contribution in [0.4, 0.5) is 5.13 Å². The topological polar surface area (TPSA) is 28.2 Å². The lowest BCUT2D eigenvalue weighted by Crippen LogP contribution is -2.37. The van der Waals surface area contributed by atoms with E-state index in [9.17, 15) is 0 Å². The molecule has 1 N–H and O–H groups in total. The van der Waals surface area contributed by atoms with Gasteiger partial charge in [0.15, 0.2) is 5.13 Å². The first-order valence-electron chi connectivity index (χ1n) is 7.32. The average molecular weight is 297 g/mol. The van der Waals surface area contributed by atoms with Crippen molar-refractivity contribution in [3.63, 3.8) is 0 Å². The Kier molecular flexibility index (Phi) is 4.34. The summed E-state index contributed by atoms with van der Waals surface area (Å²) in [6.07, 6.45) is 3.95. The number of nitrogens with one attached hydrogen (secondary N) is 1. The lowest BCUT2D eigenvalue weighted by molar-refractivity contribution is 0.724. The first-order valence-corrected chi connectivity index (χ1v) is 9.19. The SMILES string of the molecule is CCC1CN(c2nc(C3CC3)c(CNC)s2)CCS1. The van der Waals surface area contributed by atoms with Crippen LogP contribution in [0.1, 0.15) is 42.7 Å². The minimum atomic E-state index is 0.759. The van der Waals surface area contributed by atoms with E-state index in [-0.39, 0.29) is 0 Å². The number of hydrogen-bond acceptors (Lipinski definition) is 5. The van der Waals surface area contributed by atoms with E-state index in [0.717, 1.165) is 24.3 Å². The van der Waals surface area contributed by atoms with E-state index in [0.29, 0.717) is 0 Å². The van der Waals surface area contributed by atoms with Gasteiger partial charge in [0, 0.05) is 41.4 Å². The van der Waals surface area contributed by atoms with E-state index < -0.39 is 0 Å². The Labute approximate surface area is 124 Å². The van der Waals surface area contributed by atoms with Crippen LogP contribution in [0.2, 0.25) is 0 Å². The van der Waals surface area contributed by atoms with Crippen molar-refractivity contribution in [1.82, 2.24) is 10.3 Å². The van der Waals surface area contributed by atoms with Crippen LogP contribution in [-0.2, 0) is 6.54 Å². The molecule has 2 fully saturated rings. The van der Waals surface area contributed by atoms with Crippen molar-refractivity contribution in [2.45, 2.75) is 43.9 Å². The lowest BCUT2D eigenvalue weighted by Gasteiger charge is -2.31. The smallest absolute Gasteiger partial charge is 0.185 e. The van der Waals surface area contributed by atoms with Crippen molar-refractivity contribution in [1.29, 1.82) is 0 Å². The predicted octanol–water partition coefficient (Wildman–Crippen LogP) is 3.07. The Morgan fingerprint density at radius 1 is 1.42 bits per heavy atom. The number of aromatic nitrogens is 1. The van der Waals surface area contributed by atoms with Crippen molar-refractivity contribution in [3.05, 3.63) is 10.6 Å². The summed E-state index contributed by atoms with van der Waals surface area (Å²) in [6.45, 7) is 5.62. The van der Waals surface area contributed by atoms with Crippen LogP contribution in [0, 0.1) is 0 Å². The lowest BCUT2D eigenvalue weighted by atomic mass is 10.2. The van der Waals surface area contributed by atoms with Crippen molar-refractivity contribution in [3.8, 4) is 0 Å². The number of thioether (sulfide) groups is 1. The van der Waals surface area contributed by atoms with Crippen molar-refractivity contribution in [2.75, 3.05) is 30.8 Å². The summed E-state index contributed by atoms with van der Waals surface area (Å²) in [4.78, 5) is 8.96. The Morgan fingerprint density at radius 3 is 2.95 bits per heavy atom. The minimum Gasteiger partial charge on any atom is -0.346 e. The van der Waals surface area contributed by atoms with Gasteiger partial charge in [-0.25, -0.2) is 4.98 Å². The molecule has 1 saturated carbocycles. The fourth-order valence-corrected chi connectivity index (χ4v) is 4.96. The summed E-state index contributed by atoms with van der Waals surface area (Å²) < 4.78 is 0. The first-order chi connectivity index (χ1) is 9.31. The van der Waals surface area contributed by atoms with Crippen LogP contribution in [0.3, 0.4) is 0 Å². The maximum atomic E-state index is 4.98.